The Kier molecular flexibility index (Phi) is 4.42. The molecule has 0 aliphatic rings. The minimum Gasteiger partial charge on any atom is -0.465 e. The Morgan fingerprint density at radius 1 is 1.20 bits per heavy atom. The largest absolute Gasteiger partial charge is 0.465 e. The summed E-state index contributed by atoms with van der Waals surface area (Å²) in [5.41, 5.74) is 1.90. The van der Waals surface area contributed by atoms with Crippen LogP contribution in [-0.4, -0.2) is 23.0 Å². The first-order valence-electron chi connectivity index (χ1n) is 5.66. The molecular weight excluding hydrogens is 301 g/mol. The highest BCUT2D eigenvalue weighted by atomic mass is 35.5. The van der Waals surface area contributed by atoms with Crippen molar-refractivity contribution in [3.05, 3.63) is 45.8 Å². The van der Waals surface area contributed by atoms with Crippen LogP contribution in [0.1, 0.15) is 15.9 Å². The van der Waals surface area contributed by atoms with E-state index in [0.717, 1.165) is 11.3 Å². The molecule has 0 aliphatic heterocycles. The van der Waals surface area contributed by atoms with Crippen molar-refractivity contribution in [2.75, 3.05) is 12.4 Å². The summed E-state index contributed by atoms with van der Waals surface area (Å²) in [7, 11) is 1.25. The van der Waals surface area contributed by atoms with E-state index in [1.54, 1.807) is 0 Å². The fraction of sp³-hybridized carbons (Fsp3) is 0.154. The number of hydrogen-bond acceptors (Lipinski definition) is 5. The van der Waals surface area contributed by atoms with E-state index >= 15 is 0 Å². The molecule has 0 aliphatic carbocycles. The number of benzene rings is 1. The van der Waals surface area contributed by atoms with E-state index in [1.807, 2.05) is 31.2 Å². The predicted molar refractivity (Wildman–Crippen MR) is 77.9 cm³/mol. The van der Waals surface area contributed by atoms with Crippen molar-refractivity contribution in [3.63, 3.8) is 0 Å². The first kappa shape index (κ1) is 14.6. The molecule has 1 aromatic heterocycles. The summed E-state index contributed by atoms with van der Waals surface area (Å²) >= 11 is 11.7. The van der Waals surface area contributed by atoms with Crippen LogP contribution in [0.4, 0.5) is 11.5 Å². The lowest BCUT2D eigenvalue weighted by Gasteiger charge is -2.11. The van der Waals surface area contributed by atoms with E-state index in [0.29, 0.717) is 0 Å². The number of anilines is 2. The standard InChI is InChI=1S/C13H11Cl2N3O2/c1-7-3-5-8(6-4-7)16-11-9(12(19)20-2)10(14)17-13(15)18-11/h3-6H,1-2H3,(H,16,17,18). The maximum Gasteiger partial charge on any atom is 0.344 e. The van der Waals surface area contributed by atoms with Gasteiger partial charge in [-0.15, -0.1) is 0 Å². The third-order valence-electron chi connectivity index (χ3n) is 2.54. The molecule has 5 nitrogen and oxygen atoms in total. The van der Waals surface area contributed by atoms with Gasteiger partial charge in [-0.2, -0.15) is 4.98 Å². The van der Waals surface area contributed by atoms with Gasteiger partial charge in [0, 0.05) is 5.69 Å². The van der Waals surface area contributed by atoms with Crippen molar-refractivity contribution in [1.29, 1.82) is 0 Å². The maximum absolute atomic E-state index is 11.7. The number of aryl methyl sites for hydroxylation is 1. The van der Waals surface area contributed by atoms with E-state index in [4.69, 9.17) is 23.2 Å². The summed E-state index contributed by atoms with van der Waals surface area (Å²) in [6.07, 6.45) is 0. The van der Waals surface area contributed by atoms with Crippen LogP contribution in [0.25, 0.3) is 0 Å². The summed E-state index contributed by atoms with van der Waals surface area (Å²) in [6, 6.07) is 7.54. The van der Waals surface area contributed by atoms with Gasteiger partial charge in [-0.3, -0.25) is 0 Å². The quantitative estimate of drug-likeness (QED) is 0.533. The lowest BCUT2D eigenvalue weighted by atomic mass is 10.2. The van der Waals surface area contributed by atoms with Crippen molar-refractivity contribution in [2.24, 2.45) is 0 Å². The number of nitrogens with one attached hydrogen (secondary N) is 1. The molecule has 1 N–H and O–H groups in total. The van der Waals surface area contributed by atoms with Gasteiger partial charge >= 0.3 is 5.97 Å². The molecule has 1 aromatic carbocycles. The molecule has 0 spiro atoms. The molecule has 0 saturated carbocycles. The molecule has 1 heterocycles. The van der Waals surface area contributed by atoms with Gasteiger partial charge in [0.25, 0.3) is 0 Å². The van der Waals surface area contributed by atoms with Crippen LogP contribution in [-0.2, 0) is 4.74 Å². The van der Waals surface area contributed by atoms with Crippen LogP contribution < -0.4 is 5.32 Å². The van der Waals surface area contributed by atoms with E-state index in [1.165, 1.54) is 7.11 Å². The van der Waals surface area contributed by atoms with E-state index < -0.39 is 5.97 Å². The first-order chi connectivity index (χ1) is 9.51. The average Bonchev–Trinajstić information content (AvgIpc) is 2.40. The molecule has 0 bridgehead atoms. The zero-order valence-corrected chi connectivity index (χ0v) is 12.3. The topological polar surface area (TPSA) is 64.1 Å². The number of esters is 1. The Labute approximate surface area is 125 Å². The van der Waals surface area contributed by atoms with Crippen LogP contribution in [0.5, 0.6) is 0 Å². The molecule has 20 heavy (non-hydrogen) atoms. The van der Waals surface area contributed by atoms with Crippen molar-refractivity contribution in [2.45, 2.75) is 6.92 Å². The Morgan fingerprint density at radius 2 is 1.85 bits per heavy atom. The summed E-state index contributed by atoms with van der Waals surface area (Å²) in [5, 5.41) is 2.85. The van der Waals surface area contributed by atoms with Gasteiger partial charge in [0.15, 0.2) is 11.0 Å². The zero-order chi connectivity index (χ0) is 14.7. The molecule has 2 aromatic rings. The van der Waals surface area contributed by atoms with Crippen LogP contribution in [0.3, 0.4) is 0 Å². The van der Waals surface area contributed by atoms with Crippen molar-refractivity contribution < 1.29 is 9.53 Å². The molecule has 0 saturated heterocycles. The Hall–Kier alpha value is -1.85. The van der Waals surface area contributed by atoms with Gasteiger partial charge in [0.1, 0.15) is 5.56 Å². The van der Waals surface area contributed by atoms with Crippen molar-refractivity contribution in [1.82, 2.24) is 9.97 Å². The fourth-order valence-corrected chi connectivity index (χ4v) is 2.01. The molecular formula is C13H11Cl2N3O2. The SMILES string of the molecule is COC(=O)c1c(Cl)nc(Cl)nc1Nc1ccc(C)cc1. The molecule has 0 radical (unpaired) electrons. The Morgan fingerprint density at radius 3 is 2.45 bits per heavy atom. The number of ether oxygens (including phenoxy) is 1. The highest BCUT2D eigenvalue weighted by Gasteiger charge is 2.20. The number of hydrogen-bond donors (Lipinski definition) is 1. The Balaban J connectivity index is 2.44. The molecule has 0 unspecified atom stereocenters. The normalized spacial score (nSPS) is 10.2. The smallest absolute Gasteiger partial charge is 0.344 e. The van der Waals surface area contributed by atoms with Gasteiger partial charge in [0.05, 0.1) is 7.11 Å². The molecule has 2 rings (SSSR count). The fourth-order valence-electron chi connectivity index (χ4n) is 1.55. The van der Waals surface area contributed by atoms with E-state index in [2.05, 4.69) is 20.0 Å². The van der Waals surface area contributed by atoms with Crippen molar-refractivity contribution in [3.8, 4) is 0 Å². The maximum atomic E-state index is 11.7. The number of nitrogens with zero attached hydrogens (tertiary/aromatic N) is 2. The molecule has 0 amide bonds. The minimum absolute atomic E-state index is 0.0409. The predicted octanol–water partition coefficient (Wildman–Crippen LogP) is 3.62. The highest BCUT2D eigenvalue weighted by Crippen LogP contribution is 2.26. The third-order valence-corrected chi connectivity index (χ3v) is 2.98. The monoisotopic (exact) mass is 311 g/mol. The van der Waals surface area contributed by atoms with Crippen LogP contribution in [0, 0.1) is 6.92 Å². The number of aromatic nitrogens is 2. The average molecular weight is 312 g/mol. The second kappa shape index (κ2) is 6.07. The minimum atomic E-state index is -0.638. The first-order valence-corrected chi connectivity index (χ1v) is 6.42. The van der Waals surface area contributed by atoms with E-state index in [-0.39, 0.29) is 21.8 Å². The molecule has 0 atom stereocenters. The zero-order valence-electron chi connectivity index (χ0n) is 10.8. The van der Waals surface area contributed by atoms with Gasteiger partial charge < -0.3 is 10.1 Å². The number of methoxy groups -OCH3 is 1. The molecule has 0 fully saturated rings. The Bertz CT molecular complexity index is 645. The van der Waals surface area contributed by atoms with Gasteiger partial charge in [-0.05, 0) is 30.7 Å². The number of carbonyl (C=O) groups is 1. The van der Waals surface area contributed by atoms with Gasteiger partial charge in [-0.1, -0.05) is 29.3 Å². The second-order valence-electron chi connectivity index (χ2n) is 3.99. The number of halogens is 2. The third kappa shape index (κ3) is 3.18. The van der Waals surface area contributed by atoms with Crippen LogP contribution in [0.2, 0.25) is 10.4 Å². The van der Waals surface area contributed by atoms with Crippen LogP contribution in [0.15, 0.2) is 24.3 Å². The van der Waals surface area contributed by atoms with Crippen molar-refractivity contribution >= 4 is 40.7 Å². The van der Waals surface area contributed by atoms with Gasteiger partial charge in [-0.25, -0.2) is 9.78 Å². The summed E-state index contributed by atoms with van der Waals surface area (Å²) in [6.45, 7) is 1.97. The molecule has 104 valence electrons. The van der Waals surface area contributed by atoms with E-state index in [9.17, 15) is 4.79 Å². The summed E-state index contributed by atoms with van der Waals surface area (Å²) < 4.78 is 4.67. The second-order valence-corrected chi connectivity index (χ2v) is 4.69. The number of rotatable bonds is 3. The molecule has 7 heteroatoms. The lowest BCUT2D eigenvalue weighted by Crippen LogP contribution is -2.10. The lowest BCUT2D eigenvalue weighted by molar-refractivity contribution is 0.0601. The van der Waals surface area contributed by atoms with Crippen LogP contribution >= 0.6 is 23.2 Å². The van der Waals surface area contributed by atoms with Gasteiger partial charge in [0.2, 0.25) is 5.28 Å². The highest BCUT2D eigenvalue weighted by molar-refractivity contribution is 6.34. The summed E-state index contributed by atoms with van der Waals surface area (Å²) in [4.78, 5) is 19.5. The summed E-state index contributed by atoms with van der Waals surface area (Å²) in [5.74, 6) is -0.438. The number of carbonyl (C=O) groups excluding carboxylic acids is 1.